The van der Waals surface area contributed by atoms with Crippen LogP contribution in [0, 0.1) is 0 Å². The number of aryl methyl sites for hydroxylation is 4. The van der Waals surface area contributed by atoms with Gasteiger partial charge in [0.05, 0.1) is 0 Å². The summed E-state index contributed by atoms with van der Waals surface area (Å²) in [6.45, 7) is 9.03. The summed E-state index contributed by atoms with van der Waals surface area (Å²) in [5.74, 6) is 0. The van der Waals surface area contributed by atoms with E-state index in [2.05, 4.69) is 88.4 Å². The number of hydrogen-bond acceptors (Lipinski definition) is 0. The molecule has 0 spiro atoms. The van der Waals surface area contributed by atoms with Crippen LogP contribution in [0.4, 0.5) is 0 Å². The van der Waals surface area contributed by atoms with Crippen molar-refractivity contribution in [2.75, 3.05) is 0 Å². The Balaban J connectivity index is 1.78. The van der Waals surface area contributed by atoms with E-state index >= 15 is 0 Å². The molecule has 0 unspecified atom stereocenters. The molecule has 0 fully saturated rings. The molecule has 5 aromatic rings. The highest BCUT2D eigenvalue weighted by molar-refractivity contribution is 6.08. The van der Waals surface area contributed by atoms with Gasteiger partial charge in [-0.15, -0.1) is 0 Å². The molecule has 150 valence electrons. The Morgan fingerprint density at radius 1 is 0.300 bits per heavy atom. The fourth-order valence-corrected chi connectivity index (χ4v) is 5.11. The lowest BCUT2D eigenvalue weighted by Crippen LogP contribution is -1.92. The number of rotatable bonds is 4. The quantitative estimate of drug-likeness (QED) is 0.270. The van der Waals surface area contributed by atoms with E-state index in [0.29, 0.717) is 0 Å². The molecule has 30 heavy (non-hydrogen) atoms. The Morgan fingerprint density at radius 2 is 0.467 bits per heavy atom. The summed E-state index contributed by atoms with van der Waals surface area (Å²) in [5.41, 5.74) is 5.93. The van der Waals surface area contributed by atoms with E-state index in [-0.39, 0.29) is 0 Å². The molecule has 0 nitrogen and oxygen atoms in total. The summed E-state index contributed by atoms with van der Waals surface area (Å²) in [6, 6.07) is 23.9. The highest BCUT2D eigenvalue weighted by Crippen LogP contribution is 2.32. The molecule has 5 aromatic carbocycles. The van der Waals surface area contributed by atoms with Crippen molar-refractivity contribution >= 4 is 43.1 Å². The van der Waals surface area contributed by atoms with Crippen LogP contribution in [0.25, 0.3) is 43.1 Å². The maximum atomic E-state index is 2.40. The number of fused-ring (bicyclic) bond motifs is 4. The van der Waals surface area contributed by atoms with Crippen LogP contribution in [0.1, 0.15) is 49.9 Å². The van der Waals surface area contributed by atoms with E-state index in [4.69, 9.17) is 0 Å². The minimum Gasteiger partial charge on any atom is -0.0613 e. The van der Waals surface area contributed by atoms with Gasteiger partial charge in [0.1, 0.15) is 0 Å². The molecule has 0 aliphatic rings. The van der Waals surface area contributed by atoms with Gasteiger partial charge in [-0.3, -0.25) is 0 Å². The third-order valence-corrected chi connectivity index (χ3v) is 6.87. The second-order valence-corrected chi connectivity index (χ2v) is 8.60. The lowest BCUT2D eigenvalue weighted by Gasteiger charge is -2.12. The minimum atomic E-state index is 1.10. The zero-order valence-corrected chi connectivity index (χ0v) is 18.6. The van der Waals surface area contributed by atoms with Gasteiger partial charge >= 0.3 is 0 Å². The fourth-order valence-electron chi connectivity index (χ4n) is 5.11. The van der Waals surface area contributed by atoms with Crippen LogP contribution in [0.15, 0.2) is 60.7 Å². The molecule has 5 rings (SSSR count). The Bertz CT molecular complexity index is 1200. The Labute approximate surface area is 179 Å². The van der Waals surface area contributed by atoms with E-state index in [0.717, 1.165) is 25.7 Å². The zero-order chi connectivity index (χ0) is 20.8. The van der Waals surface area contributed by atoms with Gasteiger partial charge in [0.25, 0.3) is 0 Å². The second kappa shape index (κ2) is 7.43. The van der Waals surface area contributed by atoms with Crippen LogP contribution >= 0.6 is 0 Å². The van der Waals surface area contributed by atoms with Crippen molar-refractivity contribution < 1.29 is 0 Å². The van der Waals surface area contributed by atoms with Gasteiger partial charge in [-0.05, 0) is 127 Å². The summed E-state index contributed by atoms with van der Waals surface area (Å²) in [6.07, 6.45) is 4.39. The van der Waals surface area contributed by atoms with Crippen molar-refractivity contribution in [2.24, 2.45) is 0 Å². The molecule has 0 saturated carbocycles. The molecule has 0 N–H and O–H groups in total. The molecule has 0 bridgehead atoms. The third kappa shape index (κ3) is 3.06. The molecule has 0 atom stereocenters. The normalized spacial score (nSPS) is 11.9. The average Bonchev–Trinajstić information content (AvgIpc) is 2.78. The van der Waals surface area contributed by atoms with Crippen molar-refractivity contribution in [3.05, 3.63) is 82.9 Å². The highest BCUT2D eigenvalue weighted by atomic mass is 14.1. The van der Waals surface area contributed by atoms with Crippen molar-refractivity contribution in [3.8, 4) is 0 Å². The van der Waals surface area contributed by atoms with Crippen LogP contribution in [-0.4, -0.2) is 0 Å². The van der Waals surface area contributed by atoms with Crippen molar-refractivity contribution in [2.45, 2.75) is 53.4 Å². The third-order valence-electron chi connectivity index (χ3n) is 6.87. The first-order valence-electron chi connectivity index (χ1n) is 11.5. The molecule has 0 heteroatoms. The first kappa shape index (κ1) is 19.1. The van der Waals surface area contributed by atoms with Gasteiger partial charge in [-0.1, -0.05) is 52.0 Å². The highest BCUT2D eigenvalue weighted by Gasteiger charge is 2.08. The van der Waals surface area contributed by atoms with Crippen molar-refractivity contribution in [3.63, 3.8) is 0 Å². The van der Waals surface area contributed by atoms with Crippen molar-refractivity contribution in [1.82, 2.24) is 0 Å². The standard InChI is InChI=1S/C30H30/c1-5-19-9-23-13-27-17-29-15-25-11-21(7-3)22(8-4)12-26(25)16-30(29)18-28(27)14-24(23)10-20(19)6-2/h9-18H,5-8H2,1-4H3. The second-order valence-electron chi connectivity index (χ2n) is 8.60. The van der Waals surface area contributed by atoms with E-state index < -0.39 is 0 Å². The molecule has 0 amide bonds. The topological polar surface area (TPSA) is 0 Å². The monoisotopic (exact) mass is 390 g/mol. The van der Waals surface area contributed by atoms with E-state index in [1.165, 1.54) is 65.3 Å². The van der Waals surface area contributed by atoms with Crippen LogP contribution in [0.2, 0.25) is 0 Å². The SMILES string of the molecule is CCc1cc2cc3cc4cc5cc(CC)c(CC)cc5cc4cc3cc2cc1CC. The average molecular weight is 391 g/mol. The van der Waals surface area contributed by atoms with E-state index in [1.54, 1.807) is 0 Å². The summed E-state index contributed by atoms with van der Waals surface area (Å²) < 4.78 is 0. The van der Waals surface area contributed by atoms with Gasteiger partial charge in [-0.25, -0.2) is 0 Å². The number of benzene rings is 5. The first-order valence-corrected chi connectivity index (χ1v) is 11.5. The van der Waals surface area contributed by atoms with Gasteiger partial charge in [0.15, 0.2) is 0 Å². The Kier molecular flexibility index (Phi) is 4.74. The summed E-state index contributed by atoms with van der Waals surface area (Å²) in [4.78, 5) is 0. The fraction of sp³-hybridized carbons (Fsp3) is 0.267. The van der Waals surface area contributed by atoms with Crippen LogP contribution in [0.3, 0.4) is 0 Å². The predicted molar refractivity (Wildman–Crippen MR) is 134 cm³/mol. The summed E-state index contributed by atoms with van der Waals surface area (Å²) in [5, 5.41) is 10.8. The molecule has 0 aromatic heterocycles. The lowest BCUT2D eigenvalue weighted by atomic mass is 9.92. The van der Waals surface area contributed by atoms with Gasteiger partial charge in [-0.2, -0.15) is 0 Å². The zero-order valence-electron chi connectivity index (χ0n) is 18.6. The molecule has 0 radical (unpaired) electrons. The largest absolute Gasteiger partial charge is 0.0613 e. The Hall–Kier alpha value is -2.86. The molecular weight excluding hydrogens is 360 g/mol. The summed E-state index contributed by atoms with van der Waals surface area (Å²) >= 11 is 0. The molecule has 0 heterocycles. The number of hydrogen-bond donors (Lipinski definition) is 0. The maximum Gasteiger partial charge on any atom is -0.0171 e. The van der Waals surface area contributed by atoms with Crippen LogP contribution < -0.4 is 0 Å². The van der Waals surface area contributed by atoms with E-state index in [9.17, 15) is 0 Å². The molecule has 0 saturated heterocycles. The van der Waals surface area contributed by atoms with Crippen LogP contribution in [-0.2, 0) is 25.7 Å². The van der Waals surface area contributed by atoms with Crippen molar-refractivity contribution in [1.29, 1.82) is 0 Å². The smallest absolute Gasteiger partial charge is 0.0171 e. The molecule has 0 aliphatic heterocycles. The Morgan fingerprint density at radius 3 is 0.633 bits per heavy atom. The van der Waals surface area contributed by atoms with Crippen LogP contribution in [0.5, 0.6) is 0 Å². The van der Waals surface area contributed by atoms with Gasteiger partial charge in [0, 0.05) is 0 Å². The van der Waals surface area contributed by atoms with Gasteiger partial charge < -0.3 is 0 Å². The van der Waals surface area contributed by atoms with Gasteiger partial charge in [0.2, 0.25) is 0 Å². The predicted octanol–water partition coefficient (Wildman–Crippen LogP) is 8.55. The van der Waals surface area contributed by atoms with E-state index in [1.807, 2.05) is 0 Å². The molecule has 0 aliphatic carbocycles. The lowest BCUT2D eigenvalue weighted by molar-refractivity contribution is 1.04. The first-order chi connectivity index (χ1) is 14.6. The maximum absolute atomic E-state index is 2.40. The summed E-state index contributed by atoms with van der Waals surface area (Å²) in [7, 11) is 0. The minimum absolute atomic E-state index is 1.10. The molecular formula is C30H30.